The Kier molecular flexibility index (Phi) is 3.86. The zero-order chi connectivity index (χ0) is 10.8. The molecule has 1 saturated carbocycles. The van der Waals surface area contributed by atoms with Crippen molar-refractivity contribution in [3.8, 4) is 0 Å². The van der Waals surface area contributed by atoms with Gasteiger partial charge < -0.3 is 5.73 Å². The highest BCUT2D eigenvalue weighted by molar-refractivity contribution is 9.10. The fourth-order valence-corrected chi connectivity index (χ4v) is 4.02. The fraction of sp³-hybridized carbons (Fsp3) is 0.667. The average Bonchev–Trinajstić information content (AvgIpc) is 2.58. The predicted octanol–water partition coefficient (Wildman–Crippen LogP) is 3.82. The third kappa shape index (κ3) is 3.05. The van der Waals surface area contributed by atoms with Crippen molar-refractivity contribution < 1.29 is 0 Å². The third-order valence-corrected chi connectivity index (χ3v) is 5.11. The standard InChI is InChI=1S/C12H18BrNS/c1-8-2-3-12(14)9(4-8)5-11-6-10(13)7-15-11/h6-9,12H,2-5,14H2,1H3. The molecule has 1 aliphatic carbocycles. The number of thiophene rings is 1. The van der Waals surface area contributed by atoms with Crippen LogP contribution in [0.25, 0.3) is 0 Å². The maximum atomic E-state index is 6.19. The predicted molar refractivity (Wildman–Crippen MR) is 70.2 cm³/mol. The van der Waals surface area contributed by atoms with Gasteiger partial charge in [-0.15, -0.1) is 11.3 Å². The molecule has 0 radical (unpaired) electrons. The normalized spacial score (nSPS) is 31.8. The first-order valence-electron chi connectivity index (χ1n) is 5.63. The lowest BCUT2D eigenvalue weighted by molar-refractivity contribution is 0.245. The van der Waals surface area contributed by atoms with Crippen molar-refractivity contribution >= 4 is 27.3 Å². The molecular weight excluding hydrogens is 270 g/mol. The first kappa shape index (κ1) is 11.6. The Hall–Kier alpha value is 0.140. The van der Waals surface area contributed by atoms with Crippen LogP contribution in [0.15, 0.2) is 15.9 Å². The lowest BCUT2D eigenvalue weighted by Crippen LogP contribution is -2.36. The molecule has 0 aromatic carbocycles. The Labute approximate surface area is 104 Å². The molecular formula is C12H18BrNS. The summed E-state index contributed by atoms with van der Waals surface area (Å²) in [6.45, 7) is 2.35. The van der Waals surface area contributed by atoms with E-state index in [2.05, 4.69) is 34.3 Å². The highest BCUT2D eigenvalue weighted by Gasteiger charge is 2.26. The summed E-state index contributed by atoms with van der Waals surface area (Å²) in [5, 5.41) is 2.16. The molecule has 3 heteroatoms. The lowest BCUT2D eigenvalue weighted by atomic mass is 9.77. The highest BCUT2D eigenvalue weighted by atomic mass is 79.9. The second-order valence-corrected chi connectivity index (χ2v) is 6.69. The van der Waals surface area contributed by atoms with Gasteiger partial charge in [-0.3, -0.25) is 0 Å². The zero-order valence-corrected chi connectivity index (χ0v) is 11.5. The van der Waals surface area contributed by atoms with Gasteiger partial charge in [-0.2, -0.15) is 0 Å². The van der Waals surface area contributed by atoms with E-state index in [4.69, 9.17) is 5.73 Å². The van der Waals surface area contributed by atoms with Crippen molar-refractivity contribution in [3.63, 3.8) is 0 Å². The lowest BCUT2D eigenvalue weighted by Gasteiger charge is -2.32. The van der Waals surface area contributed by atoms with Gasteiger partial charge in [0.25, 0.3) is 0 Å². The molecule has 0 bridgehead atoms. The molecule has 1 aromatic rings. The molecule has 0 saturated heterocycles. The summed E-state index contributed by atoms with van der Waals surface area (Å²) in [5.74, 6) is 1.55. The van der Waals surface area contributed by atoms with E-state index in [1.165, 1.54) is 35.0 Å². The number of rotatable bonds is 2. The van der Waals surface area contributed by atoms with Crippen molar-refractivity contribution in [1.29, 1.82) is 0 Å². The van der Waals surface area contributed by atoms with Crippen molar-refractivity contribution in [2.45, 2.75) is 38.6 Å². The largest absolute Gasteiger partial charge is 0.327 e. The molecule has 0 aliphatic heterocycles. The monoisotopic (exact) mass is 287 g/mol. The van der Waals surface area contributed by atoms with E-state index in [1.54, 1.807) is 0 Å². The van der Waals surface area contributed by atoms with Crippen molar-refractivity contribution in [1.82, 2.24) is 0 Å². The van der Waals surface area contributed by atoms with E-state index in [9.17, 15) is 0 Å². The molecule has 1 aromatic heterocycles. The Morgan fingerprint density at radius 2 is 2.33 bits per heavy atom. The topological polar surface area (TPSA) is 26.0 Å². The van der Waals surface area contributed by atoms with Gasteiger partial charge in [0, 0.05) is 20.8 Å². The number of hydrogen-bond donors (Lipinski definition) is 1. The van der Waals surface area contributed by atoms with Gasteiger partial charge >= 0.3 is 0 Å². The maximum absolute atomic E-state index is 6.19. The number of halogens is 1. The molecule has 2 rings (SSSR count). The van der Waals surface area contributed by atoms with Crippen LogP contribution in [0.3, 0.4) is 0 Å². The molecule has 15 heavy (non-hydrogen) atoms. The smallest absolute Gasteiger partial charge is 0.0285 e. The summed E-state index contributed by atoms with van der Waals surface area (Å²) in [4.78, 5) is 1.47. The number of hydrogen-bond acceptors (Lipinski definition) is 2. The quantitative estimate of drug-likeness (QED) is 0.879. The molecule has 1 fully saturated rings. The molecule has 0 spiro atoms. The van der Waals surface area contributed by atoms with Crippen molar-refractivity contribution in [2.24, 2.45) is 17.6 Å². The Bertz CT molecular complexity index is 323. The summed E-state index contributed by atoms with van der Waals surface area (Å²) in [5.41, 5.74) is 6.19. The van der Waals surface area contributed by atoms with Crippen LogP contribution < -0.4 is 5.73 Å². The van der Waals surface area contributed by atoms with Gasteiger partial charge in [0.1, 0.15) is 0 Å². The summed E-state index contributed by atoms with van der Waals surface area (Å²) in [6, 6.07) is 2.65. The van der Waals surface area contributed by atoms with Crippen LogP contribution in [0, 0.1) is 11.8 Å². The van der Waals surface area contributed by atoms with E-state index >= 15 is 0 Å². The van der Waals surface area contributed by atoms with Crippen LogP contribution in [0.2, 0.25) is 0 Å². The fourth-order valence-electron chi connectivity index (χ4n) is 2.48. The summed E-state index contributed by atoms with van der Waals surface area (Å²) >= 11 is 5.35. The first-order valence-corrected chi connectivity index (χ1v) is 7.31. The van der Waals surface area contributed by atoms with Crippen molar-refractivity contribution in [3.05, 3.63) is 20.8 Å². The van der Waals surface area contributed by atoms with Gasteiger partial charge in [-0.25, -0.2) is 0 Å². The minimum Gasteiger partial charge on any atom is -0.327 e. The number of nitrogens with two attached hydrogens (primary N) is 1. The van der Waals surface area contributed by atoms with Crippen LogP contribution >= 0.6 is 27.3 Å². The summed E-state index contributed by atoms with van der Waals surface area (Å²) in [6.07, 6.45) is 4.99. The van der Waals surface area contributed by atoms with Crippen LogP contribution in [0.4, 0.5) is 0 Å². The summed E-state index contributed by atoms with van der Waals surface area (Å²) < 4.78 is 1.21. The molecule has 1 nitrogen and oxygen atoms in total. The molecule has 1 aliphatic rings. The van der Waals surface area contributed by atoms with Crippen LogP contribution in [0.5, 0.6) is 0 Å². The Morgan fingerprint density at radius 3 is 3.00 bits per heavy atom. The van der Waals surface area contributed by atoms with E-state index in [-0.39, 0.29) is 0 Å². The maximum Gasteiger partial charge on any atom is 0.0285 e. The summed E-state index contributed by atoms with van der Waals surface area (Å²) in [7, 11) is 0. The minimum atomic E-state index is 0.419. The second kappa shape index (κ2) is 4.98. The first-order chi connectivity index (χ1) is 7.15. The molecule has 3 unspecified atom stereocenters. The van der Waals surface area contributed by atoms with E-state index in [0.717, 1.165) is 5.92 Å². The third-order valence-electron chi connectivity index (χ3n) is 3.39. The van der Waals surface area contributed by atoms with Crippen LogP contribution in [-0.4, -0.2) is 6.04 Å². The highest BCUT2D eigenvalue weighted by Crippen LogP contribution is 2.32. The van der Waals surface area contributed by atoms with Gasteiger partial charge in [0.05, 0.1) is 0 Å². The van der Waals surface area contributed by atoms with Crippen LogP contribution in [-0.2, 0) is 6.42 Å². The zero-order valence-electron chi connectivity index (χ0n) is 9.08. The minimum absolute atomic E-state index is 0.419. The molecule has 84 valence electrons. The van der Waals surface area contributed by atoms with Gasteiger partial charge in [-0.1, -0.05) is 6.92 Å². The average molecular weight is 288 g/mol. The van der Waals surface area contributed by atoms with Gasteiger partial charge in [0.15, 0.2) is 0 Å². The van der Waals surface area contributed by atoms with E-state index in [0.29, 0.717) is 12.0 Å². The Balaban J connectivity index is 1.98. The molecule has 0 amide bonds. The van der Waals surface area contributed by atoms with Gasteiger partial charge in [-0.05, 0) is 59.5 Å². The Morgan fingerprint density at radius 1 is 1.53 bits per heavy atom. The van der Waals surface area contributed by atoms with Crippen LogP contribution in [0.1, 0.15) is 31.1 Å². The second-order valence-electron chi connectivity index (χ2n) is 4.78. The van der Waals surface area contributed by atoms with Gasteiger partial charge in [0.2, 0.25) is 0 Å². The molecule has 3 atom stereocenters. The SMILES string of the molecule is CC1CCC(N)C(Cc2cc(Br)cs2)C1. The van der Waals surface area contributed by atoms with Crippen molar-refractivity contribution in [2.75, 3.05) is 0 Å². The molecule has 1 heterocycles. The van der Waals surface area contributed by atoms with E-state index in [1.807, 2.05) is 11.3 Å². The van der Waals surface area contributed by atoms with E-state index < -0.39 is 0 Å². The molecule has 2 N–H and O–H groups in total.